The first-order valence-corrected chi connectivity index (χ1v) is 10.3. The van der Waals surface area contributed by atoms with Gasteiger partial charge in [0.2, 0.25) is 5.91 Å². The standard InChI is InChI=1S/C19H37N5O/c1-3-17-8-5-6-14-24(17)15-13-22-19(20-4-2)21-12-7-9-18(25)23-16-10-11-16/h16-17H,3-15H2,1-2H3,(H,23,25)(H2,20,21,22). The molecular weight excluding hydrogens is 314 g/mol. The first-order valence-electron chi connectivity index (χ1n) is 10.3. The van der Waals surface area contributed by atoms with Crippen LogP contribution < -0.4 is 16.0 Å². The van der Waals surface area contributed by atoms with Crippen molar-refractivity contribution >= 4 is 11.9 Å². The molecule has 1 amide bonds. The second-order valence-corrected chi connectivity index (χ2v) is 7.23. The molecule has 1 unspecified atom stereocenters. The molecule has 0 aromatic rings. The van der Waals surface area contributed by atoms with Crippen LogP contribution in [-0.4, -0.2) is 61.6 Å². The Kier molecular flexibility index (Phi) is 9.08. The van der Waals surface area contributed by atoms with Crippen molar-refractivity contribution in [3.63, 3.8) is 0 Å². The van der Waals surface area contributed by atoms with Crippen molar-refractivity contribution < 1.29 is 4.79 Å². The molecule has 1 saturated carbocycles. The van der Waals surface area contributed by atoms with E-state index in [9.17, 15) is 4.79 Å². The van der Waals surface area contributed by atoms with Crippen molar-refractivity contribution in [2.24, 2.45) is 4.99 Å². The van der Waals surface area contributed by atoms with E-state index in [1.165, 1.54) is 32.2 Å². The van der Waals surface area contributed by atoms with Gasteiger partial charge in [0.05, 0.1) is 0 Å². The summed E-state index contributed by atoms with van der Waals surface area (Å²) in [7, 11) is 0. The Bertz CT molecular complexity index is 422. The van der Waals surface area contributed by atoms with Crippen LogP contribution in [0.1, 0.15) is 65.2 Å². The molecule has 1 aliphatic heterocycles. The number of aliphatic imine (C=N–C) groups is 1. The number of nitrogens with one attached hydrogen (secondary N) is 3. The van der Waals surface area contributed by atoms with Crippen LogP contribution >= 0.6 is 0 Å². The molecular formula is C19H37N5O. The summed E-state index contributed by atoms with van der Waals surface area (Å²) < 4.78 is 0. The molecule has 0 spiro atoms. The molecule has 6 heteroatoms. The van der Waals surface area contributed by atoms with Gasteiger partial charge in [-0.25, -0.2) is 0 Å². The van der Waals surface area contributed by atoms with Gasteiger partial charge in [0.25, 0.3) is 0 Å². The minimum Gasteiger partial charge on any atom is -0.357 e. The number of carbonyl (C=O) groups excluding carboxylic acids is 1. The summed E-state index contributed by atoms with van der Waals surface area (Å²) in [4.78, 5) is 18.9. The SMILES string of the molecule is CCNC(=NCCCC(=O)NC1CC1)NCCN1CCCCC1CC. The molecule has 6 nitrogen and oxygen atoms in total. The van der Waals surface area contributed by atoms with Gasteiger partial charge in [0, 0.05) is 44.7 Å². The van der Waals surface area contributed by atoms with Crippen molar-refractivity contribution in [3.05, 3.63) is 0 Å². The summed E-state index contributed by atoms with van der Waals surface area (Å²) in [6, 6.07) is 1.21. The van der Waals surface area contributed by atoms with E-state index in [4.69, 9.17) is 0 Å². The van der Waals surface area contributed by atoms with E-state index < -0.39 is 0 Å². The van der Waals surface area contributed by atoms with Gasteiger partial charge in [-0.15, -0.1) is 0 Å². The Morgan fingerprint density at radius 3 is 2.72 bits per heavy atom. The number of guanidine groups is 1. The quantitative estimate of drug-likeness (QED) is 0.319. The number of hydrogen-bond donors (Lipinski definition) is 3. The van der Waals surface area contributed by atoms with E-state index in [2.05, 4.69) is 39.7 Å². The average molecular weight is 352 g/mol. The third kappa shape index (κ3) is 8.08. The number of amides is 1. The normalized spacial score (nSPS) is 21.8. The molecule has 1 saturated heterocycles. The van der Waals surface area contributed by atoms with Gasteiger partial charge in [0.15, 0.2) is 5.96 Å². The van der Waals surface area contributed by atoms with Crippen molar-refractivity contribution in [3.8, 4) is 0 Å². The van der Waals surface area contributed by atoms with Crippen LogP contribution in [0.5, 0.6) is 0 Å². The highest BCUT2D eigenvalue weighted by molar-refractivity contribution is 5.80. The van der Waals surface area contributed by atoms with Gasteiger partial charge in [-0.3, -0.25) is 14.7 Å². The average Bonchev–Trinajstić information content (AvgIpc) is 3.43. The van der Waals surface area contributed by atoms with Gasteiger partial charge >= 0.3 is 0 Å². The van der Waals surface area contributed by atoms with Crippen molar-refractivity contribution in [1.82, 2.24) is 20.9 Å². The minimum absolute atomic E-state index is 0.173. The Labute approximate surface area is 153 Å². The predicted octanol–water partition coefficient (Wildman–Crippen LogP) is 1.86. The van der Waals surface area contributed by atoms with E-state index in [-0.39, 0.29) is 5.91 Å². The van der Waals surface area contributed by atoms with Gasteiger partial charge in [-0.1, -0.05) is 13.3 Å². The molecule has 144 valence electrons. The zero-order chi connectivity index (χ0) is 17.9. The zero-order valence-corrected chi connectivity index (χ0v) is 16.1. The van der Waals surface area contributed by atoms with Crippen LogP contribution in [0, 0.1) is 0 Å². The van der Waals surface area contributed by atoms with Crippen LogP contribution in [0.4, 0.5) is 0 Å². The van der Waals surface area contributed by atoms with Gasteiger partial charge in [0.1, 0.15) is 0 Å². The van der Waals surface area contributed by atoms with E-state index in [0.717, 1.165) is 50.9 Å². The van der Waals surface area contributed by atoms with Crippen LogP contribution in [0.25, 0.3) is 0 Å². The number of rotatable bonds is 10. The second kappa shape index (κ2) is 11.3. The Morgan fingerprint density at radius 2 is 2.00 bits per heavy atom. The summed E-state index contributed by atoms with van der Waals surface area (Å²) in [6.07, 6.45) is 8.96. The first kappa shape index (κ1) is 20.0. The fourth-order valence-corrected chi connectivity index (χ4v) is 3.43. The summed E-state index contributed by atoms with van der Waals surface area (Å²) in [5.74, 6) is 1.04. The molecule has 1 heterocycles. The molecule has 2 rings (SSSR count). The Balaban J connectivity index is 1.63. The summed E-state index contributed by atoms with van der Waals surface area (Å²) >= 11 is 0. The van der Waals surface area contributed by atoms with Gasteiger partial charge < -0.3 is 16.0 Å². The Hall–Kier alpha value is -1.30. The number of nitrogens with zero attached hydrogens (tertiary/aromatic N) is 2. The maximum Gasteiger partial charge on any atom is 0.220 e. The van der Waals surface area contributed by atoms with Crippen molar-refractivity contribution in [2.45, 2.75) is 77.3 Å². The molecule has 0 aromatic carbocycles. The van der Waals surface area contributed by atoms with E-state index in [0.29, 0.717) is 19.0 Å². The highest BCUT2D eigenvalue weighted by Gasteiger charge is 2.22. The molecule has 0 aromatic heterocycles. The van der Waals surface area contributed by atoms with E-state index in [1.807, 2.05) is 0 Å². The number of hydrogen-bond acceptors (Lipinski definition) is 3. The van der Waals surface area contributed by atoms with Crippen LogP contribution in [0.15, 0.2) is 4.99 Å². The maximum atomic E-state index is 11.7. The highest BCUT2D eigenvalue weighted by Crippen LogP contribution is 2.19. The van der Waals surface area contributed by atoms with Crippen LogP contribution in [0.3, 0.4) is 0 Å². The fraction of sp³-hybridized carbons (Fsp3) is 0.895. The lowest BCUT2D eigenvalue weighted by Crippen LogP contribution is -2.46. The molecule has 2 aliphatic rings. The lowest BCUT2D eigenvalue weighted by atomic mass is 10.0. The fourth-order valence-electron chi connectivity index (χ4n) is 3.43. The molecule has 3 N–H and O–H groups in total. The third-order valence-electron chi connectivity index (χ3n) is 5.03. The van der Waals surface area contributed by atoms with Crippen LogP contribution in [0.2, 0.25) is 0 Å². The highest BCUT2D eigenvalue weighted by atomic mass is 16.1. The second-order valence-electron chi connectivity index (χ2n) is 7.23. The molecule has 0 radical (unpaired) electrons. The third-order valence-corrected chi connectivity index (χ3v) is 5.03. The molecule has 0 bridgehead atoms. The molecule has 1 aliphatic carbocycles. The molecule has 1 atom stereocenters. The zero-order valence-electron chi connectivity index (χ0n) is 16.1. The lowest BCUT2D eigenvalue weighted by Gasteiger charge is -2.35. The van der Waals surface area contributed by atoms with Crippen molar-refractivity contribution in [2.75, 3.05) is 32.7 Å². The Morgan fingerprint density at radius 1 is 1.16 bits per heavy atom. The summed E-state index contributed by atoms with van der Waals surface area (Å²) in [5.41, 5.74) is 0. The maximum absolute atomic E-state index is 11.7. The predicted molar refractivity (Wildman–Crippen MR) is 104 cm³/mol. The summed E-state index contributed by atoms with van der Waals surface area (Å²) in [6.45, 7) is 9.14. The smallest absolute Gasteiger partial charge is 0.220 e. The van der Waals surface area contributed by atoms with E-state index in [1.54, 1.807) is 0 Å². The largest absolute Gasteiger partial charge is 0.357 e. The van der Waals surface area contributed by atoms with Crippen LogP contribution in [-0.2, 0) is 4.79 Å². The summed E-state index contributed by atoms with van der Waals surface area (Å²) in [5, 5.41) is 9.76. The van der Waals surface area contributed by atoms with Gasteiger partial charge in [-0.05, 0) is 52.0 Å². The number of likely N-dealkylation sites (tertiary alicyclic amines) is 1. The van der Waals surface area contributed by atoms with Gasteiger partial charge in [-0.2, -0.15) is 0 Å². The minimum atomic E-state index is 0.173. The molecule has 25 heavy (non-hydrogen) atoms. The number of carbonyl (C=O) groups is 1. The lowest BCUT2D eigenvalue weighted by molar-refractivity contribution is -0.121. The topological polar surface area (TPSA) is 68.8 Å². The van der Waals surface area contributed by atoms with Crippen molar-refractivity contribution in [1.29, 1.82) is 0 Å². The monoisotopic (exact) mass is 351 g/mol. The van der Waals surface area contributed by atoms with E-state index >= 15 is 0 Å². The first-order chi connectivity index (χ1) is 12.2. The number of piperidine rings is 1. The molecule has 2 fully saturated rings.